The average molecular weight is 421 g/mol. The fourth-order valence-corrected chi connectivity index (χ4v) is 4.51. The number of ether oxygens (including phenoxy) is 2. The highest BCUT2D eigenvalue weighted by atomic mass is 32.2. The van der Waals surface area contributed by atoms with Crippen molar-refractivity contribution in [2.45, 2.75) is 26.7 Å². The van der Waals surface area contributed by atoms with Gasteiger partial charge in [0.1, 0.15) is 4.32 Å². The predicted octanol–water partition coefficient (Wildman–Crippen LogP) is 3.31. The van der Waals surface area contributed by atoms with E-state index < -0.39 is 0 Å². The van der Waals surface area contributed by atoms with E-state index in [1.54, 1.807) is 17.0 Å². The van der Waals surface area contributed by atoms with Crippen LogP contribution in [0.4, 0.5) is 0 Å². The van der Waals surface area contributed by atoms with Gasteiger partial charge in [0.05, 0.1) is 11.5 Å². The van der Waals surface area contributed by atoms with Crippen molar-refractivity contribution in [3.05, 3.63) is 28.7 Å². The van der Waals surface area contributed by atoms with Crippen LogP contribution in [0, 0.1) is 0 Å². The number of thiocarbonyl (C=S) groups is 1. The van der Waals surface area contributed by atoms with E-state index in [0.717, 1.165) is 31.5 Å². The Morgan fingerprint density at radius 3 is 2.61 bits per heavy atom. The Morgan fingerprint density at radius 1 is 1.21 bits per heavy atom. The van der Waals surface area contributed by atoms with E-state index in [1.807, 2.05) is 30.9 Å². The van der Waals surface area contributed by atoms with Crippen LogP contribution >= 0.6 is 24.0 Å². The summed E-state index contributed by atoms with van der Waals surface area (Å²) < 4.78 is 12.0. The number of likely N-dealkylation sites (tertiary alicyclic amines) is 1. The Kier molecular flexibility index (Phi) is 6.96. The van der Waals surface area contributed by atoms with Crippen molar-refractivity contribution in [2.75, 3.05) is 32.8 Å². The van der Waals surface area contributed by atoms with Gasteiger partial charge >= 0.3 is 0 Å². The second kappa shape index (κ2) is 9.43. The predicted molar refractivity (Wildman–Crippen MR) is 114 cm³/mol. The molecule has 0 saturated carbocycles. The summed E-state index contributed by atoms with van der Waals surface area (Å²) in [4.78, 5) is 28.6. The number of carbonyl (C=O) groups excluding carboxylic acids is 2. The highest BCUT2D eigenvalue weighted by Gasteiger charge is 2.30. The Bertz CT molecular complexity index is 803. The molecule has 0 spiro atoms. The number of thioether (sulfide) groups is 1. The van der Waals surface area contributed by atoms with Gasteiger partial charge in [0, 0.05) is 19.6 Å². The van der Waals surface area contributed by atoms with Gasteiger partial charge in [-0.05, 0) is 50.5 Å². The number of hydrogen-bond acceptors (Lipinski definition) is 6. The number of amides is 2. The fraction of sp³-hybridized carbons (Fsp3) is 0.450. The average Bonchev–Trinajstić information content (AvgIpc) is 3.30. The van der Waals surface area contributed by atoms with E-state index in [1.165, 1.54) is 11.8 Å². The molecule has 6 nitrogen and oxygen atoms in total. The maximum atomic E-state index is 12.4. The van der Waals surface area contributed by atoms with Crippen LogP contribution in [0.25, 0.3) is 6.08 Å². The normalized spacial score (nSPS) is 18.3. The van der Waals surface area contributed by atoms with E-state index >= 15 is 0 Å². The van der Waals surface area contributed by atoms with Crippen LogP contribution in [-0.2, 0) is 9.59 Å². The summed E-state index contributed by atoms with van der Waals surface area (Å²) in [5, 5.41) is 0. The third-order valence-electron chi connectivity index (χ3n) is 4.57. The molecule has 2 aliphatic rings. The standard InChI is InChI=1S/C20H24N2O4S2/c1-3-22-19(24)17(28-20(22)27)12-14-7-8-15(16(11-14)25-4-2)26-13-18(23)21-9-5-6-10-21/h7-8,11-12H,3-6,9-10,13H2,1-2H3/b17-12+. The zero-order valence-corrected chi connectivity index (χ0v) is 17.7. The number of rotatable bonds is 7. The molecule has 2 fully saturated rings. The van der Waals surface area contributed by atoms with Crippen LogP contribution in [0.2, 0.25) is 0 Å². The van der Waals surface area contributed by atoms with Gasteiger partial charge in [-0.2, -0.15) is 0 Å². The molecule has 150 valence electrons. The van der Waals surface area contributed by atoms with E-state index in [4.69, 9.17) is 21.7 Å². The zero-order chi connectivity index (χ0) is 20.1. The van der Waals surface area contributed by atoms with E-state index in [2.05, 4.69) is 0 Å². The molecule has 2 amide bonds. The van der Waals surface area contributed by atoms with E-state index in [-0.39, 0.29) is 18.4 Å². The molecule has 28 heavy (non-hydrogen) atoms. The first-order valence-corrected chi connectivity index (χ1v) is 10.7. The lowest BCUT2D eigenvalue weighted by Crippen LogP contribution is -2.32. The van der Waals surface area contributed by atoms with Crippen LogP contribution in [0.1, 0.15) is 32.3 Å². The van der Waals surface area contributed by atoms with Gasteiger partial charge in [-0.3, -0.25) is 14.5 Å². The minimum absolute atomic E-state index is 0.00538. The molecule has 0 radical (unpaired) electrons. The van der Waals surface area contributed by atoms with Crippen LogP contribution in [0.3, 0.4) is 0 Å². The van der Waals surface area contributed by atoms with Crippen molar-refractivity contribution in [2.24, 2.45) is 0 Å². The first-order valence-electron chi connectivity index (χ1n) is 9.46. The highest BCUT2D eigenvalue weighted by Crippen LogP contribution is 2.34. The number of nitrogens with zero attached hydrogens (tertiary/aromatic N) is 2. The van der Waals surface area contributed by atoms with Crippen LogP contribution in [0.5, 0.6) is 11.5 Å². The summed E-state index contributed by atoms with van der Waals surface area (Å²) in [6.07, 6.45) is 3.90. The maximum Gasteiger partial charge on any atom is 0.266 e. The number of hydrogen-bond donors (Lipinski definition) is 0. The molecule has 0 bridgehead atoms. The summed E-state index contributed by atoms with van der Waals surface area (Å²) in [6.45, 7) is 6.41. The van der Waals surface area contributed by atoms with Gasteiger partial charge in [0.25, 0.3) is 11.8 Å². The van der Waals surface area contributed by atoms with Crippen LogP contribution < -0.4 is 9.47 Å². The summed E-state index contributed by atoms with van der Waals surface area (Å²) in [5.74, 6) is 0.989. The molecule has 0 aromatic heterocycles. The minimum atomic E-state index is -0.0769. The number of likely N-dealkylation sites (N-methyl/N-ethyl adjacent to an activating group) is 1. The van der Waals surface area contributed by atoms with Crippen molar-refractivity contribution >= 4 is 46.2 Å². The molecular formula is C20H24N2O4S2. The Morgan fingerprint density at radius 2 is 1.96 bits per heavy atom. The molecule has 0 unspecified atom stereocenters. The molecule has 1 aromatic rings. The topological polar surface area (TPSA) is 59.1 Å². The summed E-state index contributed by atoms with van der Waals surface area (Å²) >= 11 is 6.55. The monoisotopic (exact) mass is 420 g/mol. The second-order valence-corrected chi connectivity index (χ2v) is 8.12. The quantitative estimate of drug-likeness (QED) is 0.498. The summed E-state index contributed by atoms with van der Waals surface area (Å²) in [5.41, 5.74) is 0.818. The Hall–Kier alpha value is -2.06. The van der Waals surface area contributed by atoms with E-state index in [9.17, 15) is 9.59 Å². The lowest BCUT2D eigenvalue weighted by atomic mass is 10.2. The van der Waals surface area contributed by atoms with Gasteiger partial charge in [-0.15, -0.1) is 0 Å². The van der Waals surface area contributed by atoms with Crippen molar-refractivity contribution < 1.29 is 19.1 Å². The molecular weight excluding hydrogens is 396 g/mol. The summed E-state index contributed by atoms with van der Waals surface area (Å²) in [7, 11) is 0. The molecule has 0 atom stereocenters. The van der Waals surface area contributed by atoms with Crippen molar-refractivity contribution in [3.63, 3.8) is 0 Å². The molecule has 1 aromatic carbocycles. The third-order valence-corrected chi connectivity index (χ3v) is 5.94. The molecule has 0 N–H and O–H groups in total. The Labute approximate surface area is 174 Å². The van der Waals surface area contributed by atoms with Crippen molar-refractivity contribution in [1.29, 1.82) is 0 Å². The zero-order valence-electron chi connectivity index (χ0n) is 16.1. The van der Waals surface area contributed by atoms with Crippen LogP contribution in [-0.4, -0.2) is 58.8 Å². The first-order chi connectivity index (χ1) is 13.5. The molecule has 0 aliphatic carbocycles. The van der Waals surface area contributed by atoms with Crippen molar-refractivity contribution in [1.82, 2.24) is 9.80 Å². The smallest absolute Gasteiger partial charge is 0.266 e. The van der Waals surface area contributed by atoms with Crippen molar-refractivity contribution in [3.8, 4) is 11.5 Å². The maximum absolute atomic E-state index is 12.4. The number of carbonyl (C=O) groups is 2. The summed E-state index contributed by atoms with van der Waals surface area (Å²) in [6, 6.07) is 5.43. The molecule has 2 aliphatic heterocycles. The van der Waals surface area contributed by atoms with Gasteiger partial charge in [-0.25, -0.2) is 0 Å². The van der Waals surface area contributed by atoms with Gasteiger partial charge in [0.2, 0.25) is 0 Å². The first kappa shape index (κ1) is 20.7. The fourth-order valence-electron chi connectivity index (χ4n) is 3.12. The van der Waals surface area contributed by atoms with Gasteiger partial charge in [-0.1, -0.05) is 30.0 Å². The lowest BCUT2D eigenvalue weighted by Gasteiger charge is -2.17. The highest BCUT2D eigenvalue weighted by molar-refractivity contribution is 8.26. The lowest BCUT2D eigenvalue weighted by molar-refractivity contribution is -0.132. The molecule has 2 saturated heterocycles. The minimum Gasteiger partial charge on any atom is -0.490 e. The Balaban J connectivity index is 1.73. The molecule has 3 rings (SSSR count). The third kappa shape index (κ3) is 4.67. The largest absolute Gasteiger partial charge is 0.490 e. The van der Waals surface area contributed by atoms with Crippen LogP contribution in [0.15, 0.2) is 23.1 Å². The van der Waals surface area contributed by atoms with E-state index in [0.29, 0.717) is 33.9 Å². The molecule has 8 heteroatoms. The SMILES string of the molecule is CCOc1cc(/C=C2/SC(=S)N(CC)C2=O)ccc1OCC(=O)N1CCCC1. The second-order valence-electron chi connectivity index (χ2n) is 6.44. The number of benzene rings is 1. The molecule has 2 heterocycles. The van der Waals surface area contributed by atoms with Gasteiger partial charge < -0.3 is 14.4 Å². The van der Waals surface area contributed by atoms with Gasteiger partial charge in [0.15, 0.2) is 18.1 Å².